The van der Waals surface area contributed by atoms with Gasteiger partial charge in [0.15, 0.2) is 0 Å². The number of amides is 1. The van der Waals surface area contributed by atoms with Gasteiger partial charge in [-0.2, -0.15) is 0 Å². The summed E-state index contributed by atoms with van der Waals surface area (Å²) in [5.74, 6) is 1.82. The Morgan fingerprint density at radius 2 is 1.78 bits per heavy atom. The molecule has 0 spiro atoms. The number of piperidine rings is 1. The van der Waals surface area contributed by atoms with Crippen molar-refractivity contribution < 1.29 is 14.3 Å². The Bertz CT molecular complexity index is 902. The molecule has 8 heteroatoms. The summed E-state index contributed by atoms with van der Waals surface area (Å²) in [6, 6.07) is 8.24. The average Bonchev–Trinajstić information content (AvgIpc) is 2.74. The first kappa shape index (κ1) is 24.1. The fraction of sp³-hybridized carbons (Fsp3) is 0.500. The van der Waals surface area contributed by atoms with E-state index in [4.69, 9.17) is 21.1 Å². The molecule has 0 saturated carbocycles. The molecule has 7 nitrogen and oxygen atoms in total. The van der Waals surface area contributed by atoms with Gasteiger partial charge in [-0.1, -0.05) is 11.6 Å². The minimum absolute atomic E-state index is 0.118. The smallest absolute Gasteiger partial charge is 0.222 e. The molecule has 0 bridgehead atoms. The number of benzene rings is 1. The summed E-state index contributed by atoms with van der Waals surface area (Å²) in [6.45, 7) is 11.3. The summed E-state index contributed by atoms with van der Waals surface area (Å²) in [5, 5.41) is 6.87. The number of carbonyl (C=O) groups is 1. The fourth-order valence-electron chi connectivity index (χ4n) is 3.92. The SMILES string of the molecule is CCOc1cc(CN2CCC(Nc3ccc(NC(C)=O)nc3C)CC2)cc(OCC)c1Cl. The zero-order valence-electron chi connectivity index (χ0n) is 19.3. The van der Waals surface area contributed by atoms with E-state index in [2.05, 4.69) is 20.5 Å². The van der Waals surface area contributed by atoms with Crippen molar-refractivity contribution in [1.82, 2.24) is 9.88 Å². The lowest BCUT2D eigenvalue weighted by Crippen LogP contribution is -2.38. The molecule has 3 rings (SSSR count). The van der Waals surface area contributed by atoms with Crippen LogP contribution in [0.1, 0.15) is 44.9 Å². The van der Waals surface area contributed by atoms with E-state index < -0.39 is 0 Å². The highest BCUT2D eigenvalue weighted by atomic mass is 35.5. The number of nitrogens with zero attached hydrogens (tertiary/aromatic N) is 2. The number of pyridine rings is 1. The Morgan fingerprint density at radius 1 is 1.16 bits per heavy atom. The molecule has 1 saturated heterocycles. The lowest BCUT2D eigenvalue weighted by molar-refractivity contribution is -0.114. The molecule has 1 aromatic carbocycles. The number of aryl methyl sites for hydroxylation is 1. The van der Waals surface area contributed by atoms with Crippen LogP contribution >= 0.6 is 11.6 Å². The first-order valence-corrected chi connectivity index (χ1v) is 11.6. The van der Waals surface area contributed by atoms with Crippen molar-refractivity contribution in [2.45, 2.75) is 53.1 Å². The van der Waals surface area contributed by atoms with E-state index in [-0.39, 0.29) is 5.91 Å². The third kappa shape index (κ3) is 6.50. The molecule has 1 fully saturated rings. The van der Waals surface area contributed by atoms with E-state index >= 15 is 0 Å². The third-order valence-electron chi connectivity index (χ3n) is 5.41. The molecule has 2 heterocycles. The van der Waals surface area contributed by atoms with E-state index in [1.807, 2.05) is 45.0 Å². The maximum Gasteiger partial charge on any atom is 0.222 e. The maximum atomic E-state index is 11.2. The van der Waals surface area contributed by atoms with Crippen LogP contribution in [-0.2, 0) is 11.3 Å². The van der Waals surface area contributed by atoms with Crippen LogP contribution in [0.4, 0.5) is 11.5 Å². The topological polar surface area (TPSA) is 75.7 Å². The quantitative estimate of drug-likeness (QED) is 0.555. The number of ether oxygens (including phenoxy) is 2. The molecular weight excluding hydrogens is 428 g/mol. The largest absolute Gasteiger partial charge is 0.492 e. The molecule has 0 aliphatic carbocycles. The molecule has 1 aromatic heterocycles. The van der Waals surface area contributed by atoms with Gasteiger partial charge in [-0.3, -0.25) is 9.69 Å². The summed E-state index contributed by atoms with van der Waals surface area (Å²) in [6.07, 6.45) is 2.08. The van der Waals surface area contributed by atoms with Gasteiger partial charge in [-0.05, 0) is 63.4 Å². The molecule has 0 atom stereocenters. The van der Waals surface area contributed by atoms with Gasteiger partial charge in [0, 0.05) is 32.6 Å². The molecule has 0 radical (unpaired) electrons. The zero-order chi connectivity index (χ0) is 23.1. The van der Waals surface area contributed by atoms with Crippen molar-refractivity contribution in [3.05, 3.63) is 40.5 Å². The predicted molar refractivity (Wildman–Crippen MR) is 129 cm³/mol. The van der Waals surface area contributed by atoms with E-state index in [0.29, 0.717) is 41.6 Å². The Labute approximate surface area is 195 Å². The monoisotopic (exact) mass is 460 g/mol. The van der Waals surface area contributed by atoms with Gasteiger partial charge in [0.05, 0.1) is 24.6 Å². The van der Waals surface area contributed by atoms with Gasteiger partial charge in [-0.25, -0.2) is 4.98 Å². The summed E-state index contributed by atoms with van der Waals surface area (Å²) < 4.78 is 11.4. The minimum Gasteiger partial charge on any atom is -0.492 e. The highest BCUT2D eigenvalue weighted by Gasteiger charge is 2.21. The van der Waals surface area contributed by atoms with Crippen molar-refractivity contribution in [3.63, 3.8) is 0 Å². The molecule has 2 aromatic rings. The number of carbonyl (C=O) groups excluding carboxylic acids is 1. The van der Waals surface area contributed by atoms with Gasteiger partial charge in [0.1, 0.15) is 22.3 Å². The van der Waals surface area contributed by atoms with Crippen LogP contribution in [0.25, 0.3) is 0 Å². The third-order valence-corrected chi connectivity index (χ3v) is 5.78. The van der Waals surface area contributed by atoms with E-state index in [9.17, 15) is 4.79 Å². The van der Waals surface area contributed by atoms with Crippen LogP contribution in [-0.4, -0.2) is 48.1 Å². The summed E-state index contributed by atoms with van der Waals surface area (Å²) >= 11 is 6.43. The van der Waals surface area contributed by atoms with Crippen LogP contribution in [0.2, 0.25) is 5.02 Å². The Kier molecular flexibility index (Phi) is 8.59. The number of hydrogen-bond donors (Lipinski definition) is 2. The van der Waals surface area contributed by atoms with Crippen molar-refractivity contribution in [3.8, 4) is 11.5 Å². The highest BCUT2D eigenvalue weighted by Crippen LogP contribution is 2.36. The molecule has 32 heavy (non-hydrogen) atoms. The van der Waals surface area contributed by atoms with Crippen molar-refractivity contribution in [2.24, 2.45) is 0 Å². The molecular formula is C24H33ClN4O3. The molecule has 174 valence electrons. The van der Waals surface area contributed by atoms with Crippen LogP contribution in [0.3, 0.4) is 0 Å². The van der Waals surface area contributed by atoms with Gasteiger partial charge >= 0.3 is 0 Å². The number of rotatable bonds is 9. The predicted octanol–water partition coefficient (Wildman–Crippen LogP) is 4.88. The van der Waals surface area contributed by atoms with E-state index in [1.165, 1.54) is 6.92 Å². The first-order valence-electron chi connectivity index (χ1n) is 11.2. The van der Waals surface area contributed by atoms with Crippen LogP contribution in [0.15, 0.2) is 24.3 Å². The number of halogens is 1. The van der Waals surface area contributed by atoms with Crippen molar-refractivity contribution in [1.29, 1.82) is 0 Å². The van der Waals surface area contributed by atoms with Gasteiger partial charge < -0.3 is 20.1 Å². The second kappa shape index (κ2) is 11.4. The normalized spacial score (nSPS) is 14.8. The first-order chi connectivity index (χ1) is 15.4. The average molecular weight is 461 g/mol. The Hall–Kier alpha value is -2.51. The number of likely N-dealkylation sites (tertiary alicyclic amines) is 1. The number of nitrogens with one attached hydrogen (secondary N) is 2. The number of anilines is 2. The van der Waals surface area contributed by atoms with Crippen LogP contribution in [0.5, 0.6) is 11.5 Å². The maximum absolute atomic E-state index is 11.2. The zero-order valence-corrected chi connectivity index (χ0v) is 20.1. The molecule has 1 aliphatic heterocycles. The lowest BCUT2D eigenvalue weighted by Gasteiger charge is -2.33. The highest BCUT2D eigenvalue weighted by molar-refractivity contribution is 6.33. The summed E-state index contributed by atoms with van der Waals surface area (Å²) in [5.41, 5.74) is 3.03. The minimum atomic E-state index is -0.118. The summed E-state index contributed by atoms with van der Waals surface area (Å²) in [7, 11) is 0. The van der Waals surface area contributed by atoms with Crippen LogP contribution in [0, 0.1) is 6.92 Å². The van der Waals surface area contributed by atoms with E-state index in [1.54, 1.807) is 0 Å². The summed E-state index contributed by atoms with van der Waals surface area (Å²) in [4.78, 5) is 18.1. The second-order valence-corrected chi connectivity index (χ2v) is 8.36. The fourth-order valence-corrected chi connectivity index (χ4v) is 4.13. The lowest BCUT2D eigenvalue weighted by atomic mass is 10.0. The Morgan fingerprint density at radius 3 is 2.31 bits per heavy atom. The van der Waals surface area contributed by atoms with E-state index in [0.717, 1.165) is 49.4 Å². The molecule has 1 aliphatic rings. The van der Waals surface area contributed by atoms with Crippen LogP contribution < -0.4 is 20.1 Å². The molecule has 1 amide bonds. The van der Waals surface area contributed by atoms with Gasteiger partial charge in [0.2, 0.25) is 5.91 Å². The number of hydrogen-bond acceptors (Lipinski definition) is 6. The standard InChI is InChI=1S/C24H33ClN4O3/c1-5-31-21-13-18(14-22(24(21)25)32-6-2)15-29-11-9-19(10-12-29)28-20-7-8-23(26-16(20)3)27-17(4)30/h7-8,13-14,19,28H,5-6,9-12,15H2,1-4H3,(H,26,27,30). The van der Waals surface area contributed by atoms with Crippen molar-refractivity contribution >= 4 is 29.0 Å². The number of aromatic nitrogens is 1. The van der Waals surface area contributed by atoms with Gasteiger partial charge in [-0.15, -0.1) is 0 Å². The van der Waals surface area contributed by atoms with Crippen molar-refractivity contribution in [2.75, 3.05) is 36.9 Å². The second-order valence-electron chi connectivity index (χ2n) is 7.98. The molecule has 0 unspecified atom stereocenters. The molecule has 2 N–H and O–H groups in total. The Balaban J connectivity index is 1.58. The van der Waals surface area contributed by atoms with Gasteiger partial charge in [0.25, 0.3) is 0 Å².